The van der Waals surface area contributed by atoms with E-state index in [0.717, 1.165) is 31.1 Å². The normalized spacial score (nSPS) is 23.4. The van der Waals surface area contributed by atoms with Crippen molar-refractivity contribution in [2.45, 2.75) is 31.7 Å². The quantitative estimate of drug-likeness (QED) is 0.897. The van der Waals surface area contributed by atoms with Gasteiger partial charge in [0.1, 0.15) is 0 Å². The monoisotopic (exact) mass is 270 g/mol. The number of nitrogens with one attached hydrogen (secondary N) is 2. The van der Waals surface area contributed by atoms with E-state index >= 15 is 0 Å². The van der Waals surface area contributed by atoms with Crippen LogP contribution < -0.4 is 10.2 Å². The molecular weight excluding hydrogens is 248 g/mol. The Morgan fingerprint density at radius 3 is 3.10 bits per heavy atom. The molecule has 2 fully saturated rings. The molecule has 4 rings (SSSR count). The maximum atomic E-state index is 4.12. The molecule has 0 bridgehead atoms. The van der Waals surface area contributed by atoms with E-state index in [1.165, 1.54) is 36.8 Å². The number of rotatable bonds is 4. The summed E-state index contributed by atoms with van der Waals surface area (Å²) in [5.74, 6) is 1.02. The first-order chi connectivity index (χ1) is 9.90. The van der Waals surface area contributed by atoms with Gasteiger partial charge in [-0.05, 0) is 37.0 Å². The third-order valence-corrected chi connectivity index (χ3v) is 4.71. The highest BCUT2D eigenvalue weighted by molar-refractivity contribution is 5.82. The van der Waals surface area contributed by atoms with Crippen LogP contribution in [0.4, 0.5) is 5.69 Å². The zero-order valence-corrected chi connectivity index (χ0v) is 11.8. The molecular formula is C16H22N4. The molecule has 1 saturated carbocycles. The van der Waals surface area contributed by atoms with Gasteiger partial charge in [0.05, 0.1) is 11.7 Å². The summed E-state index contributed by atoms with van der Waals surface area (Å²) in [6.45, 7) is 3.32. The van der Waals surface area contributed by atoms with Gasteiger partial charge in [0.15, 0.2) is 0 Å². The van der Waals surface area contributed by atoms with Gasteiger partial charge in [-0.3, -0.25) is 5.10 Å². The predicted molar refractivity (Wildman–Crippen MR) is 82.1 cm³/mol. The standard InChI is InChI=1S/C16H22N4/c1-2-12(1)3-4-15-11-17-7-8-20(15)14-5-6-16-13(9-14)10-18-19-16/h5-6,9-10,12,15,17H,1-4,7-8,11H2,(H,18,19). The maximum Gasteiger partial charge on any atom is 0.0651 e. The van der Waals surface area contributed by atoms with E-state index in [0.29, 0.717) is 6.04 Å². The number of H-pyrrole nitrogens is 1. The lowest BCUT2D eigenvalue weighted by molar-refractivity contribution is 0.436. The third kappa shape index (κ3) is 2.40. The molecule has 4 heteroatoms. The fraction of sp³-hybridized carbons (Fsp3) is 0.562. The van der Waals surface area contributed by atoms with Gasteiger partial charge in [-0.15, -0.1) is 0 Å². The lowest BCUT2D eigenvalue weighted by Crippen LogP contribution is -2.51. The molecule has 1 aliphatic heterocycles. The van der Waals surface area contributed by atoms with Crippen molar-refractivity contribution in [2.24, 2.45) is 5.92 Å². The topological polar surface area (TPSA) is 44.0 Å². The van der Waals surface area contributed by atoms with E-state index < -0.39 is 0 Å². The summed E-state index contributed by atoms with van der Waals surface area (Å²) in [7, 11) is 0. The largest absolute Gasteiger partial charge is 0.366 e. The van der Waals surface area contributed by atoms with Crippen molar-refractivity contribution in [2.75, 3.05) is 24.5 Å². The number of nitrogens with zero attached hydrogens (tertiary/aromatic N) is 2. The summed E-state index contributed by atoms with van der Waals surface area (Å²) in [6, 6.07) is 7.30. The minimum atomic E-state index is 0.647. The number of hydrogen-bond donors (Lipinski definition) is 2. The summed E-state index contributed by atoms with van der Waals surface area (Å²) in [6.07, 6.45) is 7.56. The first kappa shape index (κ1) is 12.2. The predicted octanol–water partition coefficient (Wildman–Crippen LogP) is 2.53. The van der Waals surface area contributed by atoms with Crippen LogP contribution in [0.3, 0.4) is 0 Å². The molecule has 1 aromatic heterocycles. The Balaban J connectivity index is 1.55. The van der Waals surface area contributed by atoms with Gasteiger partial charge in [-0.2, -0.15) is 5.10 Å². The zero-order chi connectivity index (χ0) is 13.4. The summed E-state index contributed by atoms with van der Waals surface area (Å²) < 4.78 is 0. The second-order valence-electron chi connectivity index (χ2n) is 6.21. The summed E-state index contributed by atoms with van der Waals surface area (Å²) in [5.41, 5.74) is 2.47. The lowest BCUT2D eigenvalue weighted by Gasteiger charge is -2.38. The highest BCUT2D eigenvalue weighted by atomic mass is 15.2. The first-order valence-corrected chi connectivity index (χ1v) is 7.80. The highest BCUT2D eigenvalue weighted by Gasteiger charge is 2.27. The summed E-state index contributed by atoms with van der Waals surface area (Å²) in [5, 5.41) is 11.9. The van der Waals surface area contributed by atoms with Crippen LogP contribution in [0.15, 0.2) is 24.4 Å². The van der Waals surface area contributed by atoms with Crippen LogP contribution >= 0.6 is 0 Å². The van der Waals surface area contributed by atoms with Crippen LogP contribution in [-0.2, 0) is 0 Å². The number of hydrogen-bond acceptors (Lipinski definition) is 3. The molecule has 1 atom stereocenters. The Labute approximate surface area is 119 Å². The second-order valence-corrected chi connectivity index (χ2v) is 6.21. The SMILES string of the molecule is c1cc2[nH]ncc2cc1N1CCNCC1CCC1CC1. The number of benzene rings is 1. The zero-order valence-electron chi connectivity index (χ0n) is 11.8. The van der Waals surface area contributed by atoms with E-state index in [1.54, 1.807) is 0 Å². The number of fused-ring (bicyclic) bond motifs is 1. The minimum Gasteiger partial charge on any atom is -0.366 e. The molecule has 2 heterocycles. The molecule has 1 saturated heterocycles. The number of piperazine rings is 1. The Bertz CT molecular complexity index is 587. The van der Waals surface area contributed by atoms with Gasteiger partial charge >= 0.3 is 0 Å². The van der Waals surface area contributed by atoms with Crippen molar-refractivity contribution in [3.63, 3.8) is 0 Å². The van der Waals surface area contributed by atoms with Crippen LogP contribution in [0.25, 0.3) is 10.9 Å². The van der Waals surface area contributed by atoms with E-state index in [4.69, 9.17) is 0 Å². The molecule has 20 heavy (non-hydrogen) atoms. The van der Waals surface area contributed by atoms with Gasteiger partial charge in [0.25, 0.3) is 0 Å². The molecule has 0 spiro atoms. The molecule has 4 nitrogen and oxygen atoms in total. The van der Waals surface area contributed by atoms with Crippen molar-refractivity contribution >= 4 is 16.6 Å². The molecule has 2 aromatic rings. The van der Waals surface area contributed by atoms with Crippen molar-refractivity contribution in [3.05, 3.63) is 24.4 Å². The lowest BCUT2D eigenvalue weighted by atomic mass is 10.0. The van der Waals surface area contributed by atoms with E-state index in [1.807, 2.05) is 6.20 Å². The van der Waals surface area contributed by atoms with Crippen LogP contribution in [-0.4, -0.2) is 35.9 Å². The van der Waals surface area contributed by atoms with E-state index in [-0.39, 0.29) is 0 Å². The Hall–Kier alpha value is -1.55. The minimum absolute atomic E-state index is 0.647. The van der Waals surface area contributed by atoms with Crippen LogP contribution in [0, 0.1) is 5.92 Å². The van der Waals surface area contributed by atoms with Gasteiger partial charge in [-0.25, -0.2) is 0 Å². The molecule has 106 valence electrons. The van der Waals surface area contributed by atoms with Gasteiger partial charge < -0.3 is 10.2 Å². The second kappa shape index (κ2) is 5.09. The van der Waals surface area contributed by atoms with Crippen molar-refractivity contribution in [3.8, 4) is 0 Å². The third-order valence-electron chi connectivity index (χ3n) is 4.71. The molecule has 1 unspecified atom stereocenters. The average Bonchev–Trinajstić information content (AvgIpc) is 3.20. The van der Waals surface area contributed by atoms with Crippen LogP contribution in [0.5, 0.6) is 0 Å². The van der Waals surface area contributed by atoms with Crippen molar-refractivity contribution < 1.29 is 0 Å². The maximum absolute atomic E-state index is 4.12. The first-order valence-electron chi connectivity index (χ1n) is 7.80. The number of anilines is 1. The Morgan fingerprint density at radius 1 is 1.25 bits per heavy atom. The summed E-state index contributed by atoms with van der Waals surface area (Å²) >= 11 is 0. The molecule has 1 aromatic carbocycles. The van der Waals surface area contributed by atoms with E-state index in [9.17, 15) is 0 Å². The molecule has 0 amide bonds. The van der Waals surface area contributed by atoms with Crippen LogP contribution in [0.1, 0.15) is 25.7 Å². The summed E-state index contributed by atoms with van der Waals surface area (Å²) in [4.78, 5) is 2.59. The highest BCUT2D eigenvalue weighted by Crippen LogP contribution is 2.35. The van der Waals surface area contributed by atoms with Gasteiger partial charge in [-0.1, -0.05) is 12.8 Å². The average molecular weight is 270 g/mol. The molecule has 1 aliphatic carbocycles. The fourth-order valence-electron chi connectivity index (χ4n) is 3.30. The van der Waals surface area contributed by atoms with Crippen molar-refractivity contribution in [1.29, 1.82) is 0 Å². The number of aromatic amines is 1. The Morgan fingerprint density at radius 2 is 2.20 bits per heavy atom. The molecule has 2 aliphatic rings. The Kier molecular flexibility index (Phi) is 3.11. The van der Waals surface area contributed by atoms with Gasteiger partial charge in [0.2, 0.25) is 0 Å². The van der Waals surface area contributed by atoms with Crippen molar-refractivity contribution in [1.82, 2.24) is 15.5 Å². The molecule has 0 radical (unpaired) electrons. The smallest absolute Gasteiger partial charge is 0.0651 e. The fourth-order valence-corrected chi connectivity index (χ4v) is 3.30. The number of aromatic nitrogens is 2. The molecule has 2 N–H and O–H groups in total. The van der Waals surface area contributed by atoms with Crippen LogP contribution in [0.2, 0.25) is 0 Å². The van der Waals surface area contributed by atoms with E-state index in [2.05, 4.69) is 38.6 Å². The van der Waals surface area contributed by atoms with Gasteiger partial charge in [0, 0.05) is 36.7 Å².